The van der Waals surface area contributed by atoms with Crippen molar-refractivity contribution >= 4 is 17.7 Å². The van der Waals surface area contributed by atoms with Crippen molar-refractivity contribution in [2.45, 2.75) is 45.6 Å². The summed E-state index contributed by atoms with van der Waals surface area (Å²) in [5, 5.41) is 0. The van der Waals surface area contributed by atoms with Gasteiger partial charge in [-0.05, 0) is 32.8 Å². The van der Waals surface area contributed by atoms with E-state index in [-0.39, 0.29) is 43.2 Å². The molecule has 0 unspecified atom stereocenters. The minimum atomic E-state index is -0.271. The normalized spacial score (nSPS) is 21.0. The van der Waals surface area contributed by atoms with E-state index in [0.29, 0.717) is 19.1 Å². The predicted octanol–water partition coefficient (Wildman–Crippen LogP) is 0.612. The molecule has 0 N–H and O–H groups in total. The predicted molar refractivity (Wildman–Crippen MR) is 87.7 cm³/mol. The summed E-state index contributed by atoms with van der Waals surface area (Å²) in [5.74, 6) is -0.767. The van der Waals surface area contributed by atoms with Gasteiger partial charge in [0.25, 0.3) is 0 Å². The van der Waals surface area contributed by atoms with Crippen LogP contribution in [0.25, 0.3) is 0 Å². The first kappa shape index (κ1) is 17.3. The third-order valence-electron chi connectivity index (χ3n) is 4.41. The van der Waals surface area contributed by atoms with E-state index in [9.17, 15) is 14.4 Å². The molecule has 0 saturated carbocycles. The fourth-order valence-electron chi connectivity index (χ4n) is 3.19. The quantitative estimate of drug-likeness (QED) is 0.742. The number of hydrogen-bond acceptors (Lipinski definition) is 6. The van der Waals surface area contributed by atoms with E-state index in [0.717, 1.165) is 29.1 Å². The molecule has 0 bridgehead atoms. The molecule has 0 spiro atoms. The van der Waals surface area contributed by atoms with E-state index in [1.807, 2.05) is 19.9 Å². The number of carbonyl (C=O) groups excluding carboxylic acids is 3. The highest BCUT2D eigenvalue weighted by molar-refractivity contribution is 6.04. The van der Waals surface area contributed by atoms with Gasteiger partial charge in [0, 0.05) is 30.8 Å². The van der Waals surface area contributed by atoms with Gasteiger partial charge in [0.05, 0.1) is 6.54 Å². The van der Waals surface area contributed by atoms with Crippen LogP contribution < -0.4 is 4.74 Å². The van der Waals surface area contributed by atoms with E-state index in [1.165, 1.54) is 0 Å². The molecule has 134 valence electrons. The Morgan fingerprint density at radius 2 is 1.84 bits per heavy atom. The number of amides is 3. The summed E-state index contributed by atoms with van der Waals surface area (Å²) in [6, 6.07) is 2.19. The van der Waals surface area contributed by atoms with E-state index < -0.39 is 0 Å². The molecule has 2 aliphatic rings. The molecule has 3 rings (SSSR count). The number of ether oxygens (including phenoxy) is 1. The van der Waals surface area contributed by atoms with E-state index >= 15 is 0 Å². The lowest BCUT2D eigenvalue weighted by Crippen LogP contribution is -2.49. The fraction of sp³-hybridized carbons (Fsp3) is 0.588. The molecule has 1 aromatic heterocycles. The lowest BCUT2D eigenvalue weighted by Gasteiger charge is -2.33. The van der Waals surface area contributed by atoms with Crippen LogP contribution in [0, 0.1) is 13.8 Å². The Hall–Kier alpha value is -2.51. The van der Waals surface area contributed by atoms with E-state index in [1.54, 1.807) is 4.90 Å². The summed E-state index contributed by atoms with van der Waals surface area (Å²) in [6.45, 7) is 4.59. The zero-order valence-corrected chi connectivity index (χ0v) is 14.5. The van der Waals surface area contributed by atoms with Crippen molar-refractivity contribution in [3.05, 3.63) is 17.5 Å². The maximum atomic E-state index is 12.4. The topological polar surface area (TPSA) is 92.7 Å². The van der Waals surface area contributed by atoms with Gasteiger partial charge in [-0.2, -0.15) is 0 Å². The van der Waals surface area contributed by atoms with E-state index in [2.05, 4.69) is 9.97 Å². The van der Waals surface area contributed by atoms with Crippen LogP contribution in [-0.2, 0) is 14.4 Å². The molecule has 2 saturated heterocycles. The van der Waals surface area contributed by atoms with Crippen LogP contribution in [0.15, 0.2) is 6.07 Å². The zero-order chi connectivity index (χ0) is 18.0. The standard InChI is InChI=1S/C17H22N4O4/c1-11-8-12(2)19-17(18-11)25-13-4-3-7-20(9-13)16(24)10-21-14(22)5-6-15(21)23/h8,13H,3-7,9-10H2,1-2H3/t13-/m1/s1. The van der Waals surface area contributed by atoms with Crippen molar-refractivity contribution in [2.75, 3.05) is 19.6 Å². The average molecular weight is 346 g/mol. The highest BCUT2D eigenvalue weighted by Gasteiger charge is 2.33. The molecule has 2 aliphatic heterocycles. The molecule has 2 fully saturated rings. The van der Waals surface area contributed by atoms with Crippen molar-refractivity contribution in [1.82, 2.24) is 19.8 Å². The highest BCUT2D eigenvalue weighted by Crippen LogP contribution is 2.18. The first-order valence-corrected chi connectivity index (χ1v) is 8.52. The number of aryl methyl sites for hydroxylation is 2. The number of imide groups is 1. The Labute approximate surface area is 146 Å². The summed E-state index contributed by atoms with van der Waals surface area (Å²) in [5.41, 5.74) is 1.66. The van der Waals surface area contributed by atoms with Crippen LogP contribution in [0.4, 0.5) is 0 Å². The van der Waals surface area contributed by atoms with Crippen LogP contribution >= 0.6 is 0 Å². The monoisotopic (exact) mass is 346 g/mol. The van der Waals surface area contributed by atoms with Gasteiger partial charge in [-0.1, -0.05) is 0 Å². The number of hydrogen-bond donors (Lipinski definition) is 0. The molecule has 1 aromatic rings. The van der Waals surface area contributed by atoms with Gasteiger partial charge < -0.3 is 9.64 Å². The maximum absolute atomic E-state index is 12.4. The van der Waals surface area contributed by atoms with Gasteiger partial charge in [-0.3, -0.25) is 19.3 Å². The third-order valence-corrected chi connectivity index (χ3v) is 4.41. The van der Waals surface area contributed by atoms with Crippen LogP contribution in [0.1, 0.15) is 37.1 Å². The molecular formula is C17H22N4O4. The second-order valence-corrected chi connectivity index (χ2v) is 6.53. The van der Waals surface area contributed by atoms with Crippen LogP contribution in [-0.4, -0.2) is 63.2 Å². The maximum Gasteiger partial charge on any atom is 0.317 e. The number of aromatic nitrogens is 2. The van der Waals surface area contributed by atoms with E-state index in [4.69, 9.17) is 4.74 Å². The molecule has 1 atom stereocenters. The van der Waals surface area contributed by atoms with Crippen molar-refractivity contribution in [1.29, 1.82) is 0 Å². The van der Waals surface area contributed by atoms with Crippen LogP contribution in [0.5, 0.6) is 6.01 Å². The summed E-state index contributed by atoms with van der Waals surface area (Å²) < 4.78 is 5.85. The zero-order valence-electron chi connectivity index (χ0n) is 14.5. The fourth-order valence-corrected chi connectivity index (χ4v) is 3.19. The number of carbonyl (C=O) groups is 3. The summed E-state index contributed by atoms with van der Waals surface area (Å²) in [6.07, 6.45) is 1.80. The summed E-state index contributed by atoms with van der Waals surface area (Å²) >= 11 is 0. The largest absolute Gasteiger partial charge is 0.458 e. The van der Waals surface area contributed by atoms with Gasteiger partial charge in [-0.15, -0.1) is 0 Å². The van der Waals surface area contributed by atoms with Crippen molar-refractivity contribution in [3.8, 4) is 6.01 Å². The number of rotatable bonds is 4. The lowest BCUT2D eigenvalue weighted by molar-refractivity contribution is -0.146. The number of piperidine rings is 1. The second kappa shape index (κ2) is 7.16. The van der Waals surface area contributed by atoms with Crippen LogP contribution in [0.3, 0.4) is 0 Å². The number of nitrogens with zero attached hydrogens (tertiary/aromatic N) is 4. The summed E-state index contributed by atoms with van der Waals surface area (Å²) in [7, 11) is 0. The molecule has 0 aromatic carbocycles. The molecule has 8 heteroatoms. The molecular weight excluding hydrogens is 324 g/mol. The van der Waals surface area contributed by atoms with Gasteiger partial charge >= 0.3 is 6.01 Å². The molecule has 3 amide bonds. The SMILES string of the molecule is Cc1cc(C)nc(O[C@@H]2CCCN(C(=O)CN3C(=O)CCC3=O)C2)n1. The van der Waals surface area contributed by atoms with Crippen molar-refractivity contribution in [3.63, 3.8) is 0 Å². The average Bonchev–Trinajstić information content (AvgIpc) is 2.86. The highest BCUT2D eigenvalue weighted by atomic mass is 16.5. The molecule has 3 heterocycles. The Morgan fingerprint density at radius 3 is 2.48 bits per heavy atom. The summed E-state index contributed by atoms with van der Waals surface area (Å²) in [4.78, 5) is 47.0. The van der Waals surface area contributed by atoms with Gasteiger partial charge in [0.15, 0.2) is 0 Å². The number of likely N-dealkylation sites (tertiary alicyclic amines) is 2. The smallest absolute Gasteiger partial charge is 0.317 e. The van der Waals surface area contributed by atoms with Gasteiger partial charge in [0.2, 0.25) is 17.7 Å². The van der Waals surface area contributed by atoms with Gasteiger partial charge in [-0.25, -0.2) is 9.97 Å². The minimum Gasteiger partial charge on any atom is -0.458 e. The molecule has 25 heavy (non-hydrogen) atoms. The Balaban J connectivity index is 1.59. The minimum absolute atomic E-state index is 0.176. The third kappa shape index (κ3) is 4.12. The first-order valence-electron chi connectivity index (χ1n) is 8.52. The molecule has 0 aliphatic carbocycles. The Kier molecular flexibility index (Phi) is 4.96. The molecule has 0 radical (unpaired) electrons. The second-order valence-electron chi connectivity index (χ2n) is 6.53. The first-order chi connectivity index (χ1) is 11.9. The molecule has 8 nitrogen and oxygen atoms in total. The Morgan fingerprint density at radius 1 is 1.20 bits per heavy atom. The lowest BCUT2D eigenvalue weighted by atomic mass is 10.1. The van der Waals surface area contributed by atoms with Crippen LogP contribution in [0.2, 0.25) is 0 Å². The van der Waals surface area contributed by atoms with Crippen molar-refractivity contribution < 1.29 is 19.1 Å². The van der Waals surface area contributed by atoms with Gasteiger partial charge in [0.1, 0.15) is 12.6 Å². The Bertz CT molecular complexity index is 670. The van der Waals surface area contributed by atoms with Crippen molar-refractivity contribution in [2.24, 2.45) is 0 Å².